The van der Waals surface area contributed by atoms with Gasteiger partial charge in [0.25, 0.3) is 0 Å². The number of nitrogens with zero attached hydrogens (tertiary/aromatic N) is 1. The number of hydrogen-bond acceptors (Lipinski definition) is 2. The van der Waals surface area contributed by atoms with Crippen LogP contribution in [-0.2, 0) is 0 Å². The van der Waals surface area contributed by atoms with Crippen molar-refractivity contribution in [2.45, 2.75) is 77.8 Å². The van der Waals surface area contributed by atoms with Crippen LogP contribution in [0.3, 0.4) is 0 Å². The molecule has 0 aromatic rings. The smallest absolute Gasteiger partial charge is 0.0246 e. The highest BCUT2D eigenvalue weighted by Crippen LogP contribution is 2.27. The van der Waals surface area contributed by atoms with Crippen LogP contribution in [-0.4, -0.2) is 30.1 Å². The summed E-state index contributed by atoms with van der Waals surface area (Å²) in [4.78, 5) is 2.74. The summed E-state index contributed by atoms with van der Waals surface area (Å²) in [6.07, 6.45) is 9.44. The molecule has 3 atom stereocenters. The highest BCUT2D eigenvalue weighted by Gasteiger charge is 2.30. The van der Waals surface area contributed by atoms with Crippen LogP contribution in [0, 0.1) is 5.92 Å². The molecule has 0 amide bonds. The third-order valence-electron chi connectivity index (χ3n) is 4.36. The maximum absolute atomic E-state index is 6.05. The monoisotopic (exact) mass is 240 g/mol. The van der Waals surface area contributed by atoms with E-state index < -0.39 is 0 Å². The van der Waals surface area contributed by atoms with Crippen LogP contribution in [0.5, 0.6) is 0 Å². The van der Waals surface area contributed by atoms with E-state index in [1.165, 1.54) is 51.5 Å². The zero-order valence-electron chi connectivity index (χ0n) is 12.1. The molecule has 17 heavy (non-hydrogen) atoms. The molecule has 2 nitrogen and oxygen atoms in total. The summed E-state index contributed by atoms with van der Waals surface area (Å²) in [6, 6.07) is 1.42. The molecule has 1 aliphatic heterocycles. The van der Waals surface area contributed by atoms with Crippen LogP contribution in [0.2, 0.25) is 0 Å². The van der Waals surface area contributed by atoms with Crippen molar-refractivity contribution in [1.82, 2.24) is 4.90 Å². The van der Waals surface area contributed by atoms with E-state index in [0.717, 1.165) is 18.5 Å². The molecule has 0 bridgehead atoms. The average Bonchev–Trinajstić information content (AvgIpc) is 2.33. The van der Waals surface area contributed by atoms with Gasteiger partial charge in [-0.1, -0.05) is 40.0 Å². The van der Waals surface area contributed by atoms with E-state index in [4.69, 9.17) is 5.73 Å². The quantitative estimate of drug-likeness (QED) is 0.739. The Bertz CT molecular complexity index is 191. The number of piperidine rings is 1. The zero-order chi connectivity index (χ0) is 12.7. The minimum absolute atomic E-state index is 0.617. The number of likely N-dealkylation sites (tertiary alicyclic amines) is 1. The second kappa shape index (κ2) is 8.10. The van der Waals surface area contributed by atoms with E-state index in [1.54, 1.807) is 0 Å². The maximum Gasteiger partial charge on any atom is 0.0246 e. The fourth-order valence-corrected chi connectivity index (χ4v) is 3.45. The minimum Gasteiger partial charge on any atom is -0.329 e. The molecule has 1 heterocycles. The highest BCUT2D eigenvalue weighted by atomic mass is 15.2. The normalized spacial score (nSPS) is 25.8. The molecule has 1 saturated heterocycles. The first-order valence-corrected chi connectivity index (χ1v) is 7.70. The van der Waals surface area contributed by atoms with Gasteiger partial charge >= 0.3 is 0 Å². The average molecular weight is 240 g/mol. The van der Waals surface area contributed by atoms with Crippen molar-refractivity contribution in [3.05, 3.63) is 0 Å². The van der Waals surface area contributed by atoms with Gasteiger partial charge in [0.15, 0.2) is 0 Å². The highest BCUT2D eigenvalue weighted by molar-refractivity contribution is 4.86. The summed E-state index contributed by atoms with van der Waals surface area (Å²) in [5, 5.41) is 0. The summed E-state index contributed by atoms with van der Waals surface area (Å²) in [5.41, 5.74) is 6.05. The van der Waals surface area contributed by atoms with Gasteiger partial charge in [-0.2, -0.15) is 0 Å². The van der Waals surface area contributed by atoms with E-state index in [1.807, 2.05) is 0 Å². The standard InChI is InChI=1S/C15H32N2/c1-4-8-13(3)15(12-16)17-11-7-6-10-14(17)9-5-2/h13-15H,4-12,16H2,1-3H3. The van der Waals surface area contributed by atoms with Gasteiger partial charge in [0.05, 0.1) is 0 Å². The first-order valence-electron chi connectivity index (χ1n) is 7.70. The van der Waals surface area contributed by atoms with E-state index in [0.29, 0.717) is 6.04 Å². The van der Waals surface area contributed by atoms with Crippen LogP contribution in [0.4, 0.5) is 0 Å². The molecule has 0 radical (unpaired) electrons. The van der Waals surface area contributed by atoms with Crippen molar-refractivity contribution in [3.8, 4) is 0 Å². The van der Waals surface area contributed by atoms with E-state index in [9.17, 15) is 0 Å². The van der Waals surface area contributed by atoms with Crippen molar-refractivity contribution in [2.24, 2.45) is 11.7 Å². The summed E-state index contributed by atoms with van der Waals surface area (Å²) < 4.78 is 0. The van der Waals surface area contributed by atoms with Crippen LogP contribution in [0.1, 0.15) is 65.7 Å². The van der Waals surface area contributed by atoms with Gasteiger partial charge < -0.3 is 5.73 Å². The molecule has 2 N–H and O–H groups in total. The van der Waals surface area contributed by atoms with Crippen LogP contribution in [0.25, 0.3) is 0 Å². The molecule has 1 rings (SSSR count). The zero-order valence-corrected chi connectivity index (χ0v) is 12.1. The maximum atomic E-state index is 6.05. The van der Waals surface area contributed by atoms with Gasteiger partial charge in [-0.15, -0.1) is 0 Å². The Hall–Kier alpha value is -0.0800. The van der Waals surface area contributed by atoms with E-state index in [2.05, 4.69) is 25.7 Å². The molecule has 0 aromatic heterocycles. The molecular weight excluding hydrogens is 208 g/mol. The molecule has 102 valence electrons. The number of nitrogens with two attached hydrogens (primary N) is 1. The molecule has 0 spiro atoms. The number of hydrogen-bond donors (Lipinski definition) is 1. The molecular formula is C15H32N2. The molecule has 0 aromatic carbocycles. The molecule has 2 heteroatoms. The van der Waals surface area contributed by atoms with Gasteiger partial charge in [-0.3, -0.25) is 4.90 Å². The Balaban J connectivity index is 2.62. The second-order valence-electron chi connectivity index (χ2n) is 5.75. The Morgan fingerprint density at radius 1 is 1.24 bits per heavy atom. The second-order valence-corrected chi connectivity index (χ2v) is 5.75. The van der Waals surface area contributed by atoms with Crippen LogP contribution >= 0.6 is 0 Å². The largest absolute Gasteiger partial charge is 0.329 e. The topological polar surface area (TPSA) is 29.3 Å². The van der Waals surface area contributed by atoms with E-state index in [-0.39, 0.29) is 0 Å². The first kappa shape index (κ1) is 15.0. The molecule has 1 fully saturated rings. The van der Waals surface area contributed by atoms with Crippen LogP contribution in [0.15, 0.2) is 0 Å². The van der Waals surface area contributed by atoms with Crippen molar-refractivity contribution in [1.29, 1.82) is 0 Å². The Morgan fingerprint density at radius 3 is 2.59 bits per heavy atom. The van der Waals surface area contributed by atoms with Gasteiger partial charge in [0.2, 0.25) is 0 Å². The Morgan fingerprint density at radius 2 is 2.00 bits per heavy atom. The first-order chi connectivity index (χ1) is 8.24. The van der Waals surface area contributed by atoms with Gasteiger partial charge in [0.1, 0.15) is 0 Å². The summed E-state index contributed by atoms with van der Waals surface area (Å²) in [5.74, 6) is 0.752. The SMILES string of the molecule is CCCC(C)C(CN)N1CCCCC1CCC. The lowest BCUT2D eigenvalue weighted by atomic mass is 9.89. The van der Waals surface area contributed by atoms with Crippen molar-refractivity contribution in [3.63, 3.8) is 0 Å². The predicted octanol–water partition coefficient (Wildman–Crippen LogP) is 3.40. The van der Waals surface area contributed by atoms with Crippen molar-refractivity contribution < 1.29 is 0 Å². The molecule has 0 saturated carbocycles. The number of rotatable bonds is 7. The summed E-state index contributed by atoms with van der Waals surface area (Å²) in [7, 11) is 0. The summed E-state index contributed by atoms with van der Waals surface area (Å²) >= 11 is 0. The van der Waals surface area contributed by atoms with Crippen molar-refractivity contribution in [2.75, 3.05) is 13.1 Å². The lowest BCUT2D eigenvalue weighted by Gasteiger charge is -2.43. The third kappa shape index (κ3) is 4.26. The lowest BCUT2D eigenvalue weighted by Crippen LogP contribution is -2.52. The van der Waals surface area contributed by atoms with E-state index >= 15 is 0 Å². The fraction of sp³-hybridized carbons (Fsp3) is 1.00. The van der Waals surface area contributed by atoms with Gasteiger partial charge in [0, 0.05) is 18.6 Å². The van der Waals surface area contributed by atoms with Crippen molar-refractivity contribution >= 4 is 0 Å². The Kier molecular flexibility index (Phi) is 7.14. The molecule has 0 aliphatic carbocycles. The minimum atomic E-state index is 0.617. The van der Waals surface area contributed by atoms with Gasteiger partial charge in [-0.25, -0.2) is 0 Å². The molecule has 1 aliphatic rings. The molecule has 3 unspecified atom stereocenters. The van der Waals surface area contributed by atoms with Gasteiger partial charge in [-0.05, 0) is 38.1 Å². The Labute approximate surface area is 108 Å². The predicted molar refractivity (Wildman–Crippen MR) is 76.2 cm³/mol. The lowest BCUT2D eigenvalue weighted by molar-refractivity contribution is 0.0615. The third-order valence-corrected chi connectivity index (χ3v) is 4.36. The fourth-order valence-electron chi connectivity index (χ4n) is 3.45. The van der Waals surface area contributed by atoms with Crippen LogP contribution < -0.4 is 5.73 Å². The summed E-state index contributed by atoms with van der Waals surface area (Å²) in [6.45, 7) is 9.09.